The second-order valence-corrected chi connectivity index (χ2v) is 1.97. The maximum atomic E-state index is 5.39. The molecule has 0 aliphatic heterocycles. The zero-order valence-corrected chi connectivity index (χ0v) is 5.65. The van der Waals surface area contributed by atoms with Crippen molar-refractivity contribution in [1.29, 1.82) is 0 Å². The van der Waals surface area contributed by atoms with Crippen molar-refractivity contribution in [3.05, 3.63) is 35.8 Å². The van der Waals surface area contributed by atoms with Crippen LogP contribution in [0.15, 0.2) is 35.8 Å². The number of rotatable bonds is 2. The third kappa shape index (κ3) is 3.89. The highest BCUT2D eigenvalue weighted by Crippen LogP contribution is 2.01. The summed E-state index contributed by atoms with van der Waals surface area (Å²) in [7, 11) is 10.6. The standard InChI is InChI=1S/C7H8B2/c1-5(2)4-7(9)6(3)8/h4H,1,3H2,2H3/b7-4+. The van der Waals surface area contributed by atoms with Crippen LogP contribution in [0.4, 0.5) is 0 Å². The van der Waals surface area contributed by atoms with Crippen molar-refractivity contribution in [1.82, 2.24) is 0 Å². The van der Waals surface area contributed by atoms with E-state index in [9.17, 15) is 0 Å². The van der Waals surface area contributed by atoms with Gasteiger partial charge in [-0.3, -0.25) is 0 Å². The van der Waals surface area contributed by atoms with Crippen molar-refractivity contribution in [3.63, 3.8) is 0 Å². The van der Waals surface area contributed by atoms with Gasteiger partial charge in [-0.2, -0.15) is 0 Å². The van der Waals surface area contributed by atoms with Gasteiger partial charge in [0.1, 0.15) is 15.7 Å². The number of hydrogen-bond acceptors (Lipinski definition) is 0. The van der Waals surface area contributed by atoms with Gasteiger partial charge in [-0.1, -0.05) is 18.2 Å². The molecule has 9 heavy (non-hydrogen) atoms. The van der Waals surface area contributed by atoms with Crippen LogP contribution >= 0.6 is 0 Å². The summed E-state index contributed by atoms with van der Waals surface area (Å²) >= 11 is 0. The maximum absolute atomic E-state index is 5.39. The summed E-state index contributed by atoms with van der Waals surface area (Å²) < 4.78 is 0. The molecule has 0 aromatic rings. The second kappa shape index (κ2) is 3.39. The second-order valence-electron chi connectivity index (χ2n) is 1.97. The minimum Gasteiger partial charge on any atom is -0.111 e. The van der Waals surface area contributed by atoms with Gasteiger partial charge in [-0.05, 0) is 6.92 Å². The molecule has 4 radical (unpaired) electrons. The first kappa shape index (κ1) is 8.35. The smallest absolute Gasteiger partial charge is 0.111 e. The van der Waals surface area contributed by atoms with Gasteiger partial charge < -0.3 is 0 Å². The molecule has 0 saturated heterocycles. The topological polar surface area (TPSA) is 0 Å². The maximum Gasteiger partial charge on any atom is 0.112 e. The van der Waals surface area contributed by atoms with Crippen LogP contribution in [0.5, 0.6) is 0 Å². The molecule has 0 aromatic carbocycles. The Morgan fingerprint density at radius 1 is 1.33 bits per heavy atom. The largest absolute Gasteiger partial charge is 0.112 e. The van der Waals surface area contributed by atoms with E-state index in [2.05, 4.69) is 13.2 Å². The summed E-state index contributed by atoms with van der Waals surface area (Å²) in [6, 6.07) is 0. The molecule has 0 saturated carbocycles. The van der Waals surface area contributed by atoms with Gasteiger partial charge >= 0.3 is 0 Å². The van der Waals surface area contributed by atoms with Gasteiger partial charge in [0, 0.05) is 0 Å². The van der Waals surface area contributed by atoms with Crippen LogP contribution < -0.4 is 0 Å². The molecule has 0 aliphatic carbocycles. The molecular weight excluding hydrogens is 106 g/mol. The SMILES string of the molecule is [B]C(=C)/C([B])=C\C(=C)C. The van der Waals surface area contributed by atoms with Crippen molar-refractivity contribution in [3.8, 4) is 0 Å². The van der Waals surface area contributed by atoms with E-state index in [4.69, 9.17) is 15.7 Å². The fraction of sp³-hybridized carbons (Fsp3) is 0.143. The molecule has 0 amide bonds. The average Bonchev–Trinajstić information content (AvgIpc) is 1.63. The Morgan fingerprint density at radius 2 is 1.78 bits per heavy atom. The molecular formula is C7H8B2. The van der Waals surface area contributed by atoms with Crippen molar-refractivity contribution < 1.29 is 0 Å². The van der Waals surface area contributed by atoms with Crippen LogP contribution in [0.1, 0.15) is 6.92 Å². The molecule has 0 nitrogen and oxygen atoms in total. The zero-order chi connectivity index (χ0) is 7.44. The highest BCUT2D eigenvalue weighted by molar-refractivity contribution is 6.36. The number of allylic oxidation sites excluding steroid dienone is 4. The average molecular weight is 114 g/mol. The molecule has 2 heteroatoms. The summed E-state index contributed by atoms with van der Waals surface area (Å²) in [5.41, 5.74) is 1.75. The van der Waals surface area contributed by atoms with E-state index in [1.165, 1.54) is 0 Å². The fourth-order valence-electron chi connectivity index (χ4n) is 0.358. The van der Waals surface area contributed by atoms with Crippen LogP contribution in [-0.4, -0.2) is 15.7 Å². The predicted molar refractivity (Wildman–Crippen MR) is 43.5 cm³/mol. The van der Waals surface area contributed by atoms with Crippen LogP contribution in [0.3, 0.4) is 0 Å². The van der Waals surface area contributed by atoms with Gasteiger partial charge in [-0.25, -0.2) is 0 Å². The van der Waals surface area contributed by atoms with Crippen molar-refractivity contribution >= 4 is 15.7 Å². The van der Waals surface area contributed by atoms with Crippen LogP contribution in [0.2, 0.25) is 0 Å². The Bertz CT molecular complexity index is 166. The Morgan fingerprint density at radius 3 is 1.89 bits per heavy atom. The molecule has 0 bridgehead atoms. The van der Waals surface area contributed by atoms with E-state index >= 15 is 0 Å². The van der Waals surface area contributed by atoms with Crippen molar-refractivity contribution in [2.24, 2.45) is 0 Å². The van der Waals surface area contributed by atoms with Crippen molar-refractivity contribution in [2.45, 2.75) is 6.92 Å². The third-order valence-electron chi connectivity index (χ3n) is 0.773. The van der Waals surface area contributed by atoms with Crippen molar-refractivity contribution in [2.75, 3.05) is 0 Å². The summed E-state index contributed by atoms with van der Waals surface area (Å²) in [6.45, 7) is 8.92. The highest BCUT2D eigenvalue weighted by Gasteiger charge is 1.85. The van der Waals surface area contributed by atoms with Crippen LogP contribution in [0.25, 0.3) is 0 Å². The minimum absolute atomic E-state index is 0.387. The van der Waals surface area contributed by atoms with E-state index in [0.717, 1.165) is 5.57 Å². The first-order valence-corrected chi connectivity index (χ1v) is 2.61. The lowest BCUT2D eigenvalue weighted by molar-refractivity contribution is 1.55. The van der Waals surface area contributed by atoms with Gasteiger partial charge in [0.25, 0.3) is 0 Å². The molecule has 0 fully saturated rings. The molecule has 0 rings (SSSR count). The quantitative estimate of drug-likeness (QED) is 0.374. The number of hydrogen-bond donors (Lipinski definition) is 0. The predicted octanol–water partition coefficient (Wildman–Crippen LogP) is 1.30. The van der Waals surface area contributed by atoms with Gasteiger partial charge in [-0.15, -0.1) is 17.5 Å². The molecule has 42 valence electrons. The molecule has 0 unspecified atom stereocenters. The van der Waals surface area contributed by atoms with Gasteiger partial charge in [0.05, 0.1) is 0 Å². The van der Waals surface area contributed by atoms with E-state index in [0.29, 0.717) is 10.9 Å². The Hall–Kier alpha value is -0.650. The van der Waals surface area contributed by atoms with E-state index < -0.39 is 0 Å². The molecule has 0 atom stereocenters. The molecule has 0 N–H and O–H groups in total. The molecule has 0 aromatic heterocycles. The monoisotopic (exact) mass is 114 g/mol. The summed E-state index contributed by atoms with van der Waals surface area (Å²) in [5, 5.41) is 0. The summed E-state index contributed by atoms with van der Waals surface area (Å²) in [6.07, 6.45) is 1.68. The lowest BCUT2D eigenvalue weighted by Crippen LogP contribution is -1.85. The highest BCUT2D eigenvalue weighted by atomic mass is 13.8. The lowest BCUT2D eigenvalue weighted by atomic mass is 9.78. The van der Waals surface area contributed by atoms with E-state index in [1.54, 1.807) is 6.08 Å². The minimum atomic E-state index is 0.387. The fourth-order valence-corrected chi connectivity index (χ4v) is 0.358. The zero-order valence-electron chi connectivity index (χ0n) is 5.65. The summed E-state index contributed by atoms with van der Waals surface area (Å²) in [4.78, 5) is 0. The first-order valence-electron chi connectivity index (χ1n) is 2.61. The molecule has 0 aliphatic rings. The molecule has 0 heterocycles. The summed E-state index contributed by atoms with van der Waals surface area (Å²) in [5.74, 6) is 0. The third-order valence-corrected chi connectivity index (χ3v) is 0.773. The molecule has 0 spiro atoms. The van der Waals surface area contributed by atoms with Crippen LogP contribution in [0, 0.1) is 0 Å². The Balaban J connectivity index is 4.17. The Kier molecular flexibility index (Phi) is 3.15. The lowest BCUT2D eigenvalue weighted by Gasteiger charge is -1.97. The van der Waals surface area contributed by atoms with Gasteiger partial charge in [0.15, 0.2) is 0 Å². The van der Waals surface area contributed by atoms with Crippen LogP contribution in [-0.2, 0) is 0 Å². The van der Waals surface area contributed by atoms with E-state index in [-0.39, 0.29) is 0 Å². The Labute approximate surface area is 59.2 Å². The normalized spacial score (nSPS) is 11.0. The van der Waals surface area contributed by atoms with E-state index in [1.807, 2.05) is 6.92 Å². The van der Waals surface area contributed by atoms with Gasteiger partial charge in [0.2, 0.25) is 0 Å². The first-order chi connectivity index (χ1) is 4.04.